The molecule has 0 bridgehead atoms. The van der Waals surface area contributed by atoms with Gasteiger partial charge in [0.15, 0.2) is 0 Å². The summed E-state index contributed by atoms with van der Waals surface area (Å²) in [5.74, 6) is 0.247. The van der Waals surface area contributed by atoms with Gasteiger partial charge in [-0.15, -0.1) is 0 Å². The van der Waals surface area contributed by atoms with E-state index in [1.54, 1.807) is 4.31 Å². The van der Waals surface area contributed by atoms with Crippen LogP contribution < -0.4 is 5.73 Å². The van der Waals surface area contributed by atoms with Crippen LogP contribution in [0.25, 0.3) is 0 Å². The number of sulfonamides is 1. The minimum atomic E-state index is -3.10. The highest BCUT2D eigenvalue weighted by Gasteiger charge is 2.36. The normalized spacial score (nSPS) is 16.6. The average Bonchev–Trinajstić information content (AvgIpc) is 2.98. The summed E-state index contributed by atoms with van der Waals surface area (Å²) in [6, 6.07) is 0.205. The molecule has 1 saturated carbocycles. The van der Waals surface area contributed by atoms with Gasteiger partial charge in [0.05, 0.1) is 10.7 Å². The molecule has 1 rings (SSSR count). The first kappa shape index (κ1) is 13.9. The molecule has 0 aromatic rings. The number of hydrogen-bond donors (Lipinski definition) is 1. The Labute approximate surface area is 103 Å². The summed E-state index contributed by atoms with van der Waals surface area (Å²) in [5.41, 5.74) is 5.41. The second-order valence-electron chi connectivity index (χ2n) is 4.23. The van der Waals surface area contributed by atoms with Gasteiger partial charge < -0.3 is 5.73 Å². The molecule has 0 saturated heterocycles. The smallest absolute Gasteiger partial charge is 0.214 e. The van der Waals surface area contributed by atoms with E-state index in [9.17, 15) is 8.42 Å². The van der Waals surface area contributed by atoms with Crippen molar-refractivity contribution in [1.82, 2.24) is 4.31 Å². The van der Waals surface area contributed by atoms with E-state index in [0.29, 0.717) is 18.0 Å². The lowest BCUT2D eigenvalue weighted by molar-refractivity contribution is 0.412. The number of nitrogens with zero attached hydrogens (tertiary/aromatic N) is 1. The molecule has 0 spiro atoms. The molecule has 1 aliphatic rings. The summed E-state index contributed by atoms with van der Waals surface area (Å²) in [4.78, 5) is 0.386. The number of hydrogen-bond acceptors (Lipinski definition) is 3. The monoisotopic (exact) mass is 264 g/mol. The lowest BCUT2D eigenvalue weighted by Crippen LogP contribution is -2.37. The second kappa shape index (κ2) is 5.93. The molecule has 94 valence electrons. The number of nitrogens with two attached hydrogens (primary N) is 1. The Hall–Kier alpha value is -0.200. The van der Waals surface area contributed by atoms with Gasteiger partial charge in [0.1, 0.15) is 0 Å². The van der Waals surface area contributed by atoms with E-state index < -0.39 is 10.0 Å². The second-order valence-corrected chi connectivity index (χ2v) is 6.79. The summed E-state index contributed by atoms with van der Waals surface area (Å²) in [5, 5.41) is 0. The minimum absolute atomic E-state index is 0.205. The Bertz CT molecular complexity index is 337. The van der Waals surface area contributed by atoms with Gasteiger partial charge in [-0.2, -0.15) is 4.31 Å². The van der Waals surface area contributed by atoms with Crippen molar-refractivity contribution in [2.24, 2.45) is 5.73 Å². The maximum absolute atomic E-state index is 12.0. The van der Waals surface area contributed by atoms with Crippen molar-refractivity contribution in [2.45, 2.75) is 45.1 Å². The Balaban J connectivity index is 2.57. The molecule has 0 aromatic heterocycles. The highest BCUT2D eigenvalue weighted by Crippen LogP contribution is 2.29. The number of unbranched alkanes of at least 4 members (excludes halogenated alkanes) is 1. The third-order valence-corrected chi connectivity index (χ3v) is 4.85. The molecule has 4 nitrogen and oxygen atoms in total. The van der Waals surface area contributed by atoms with Gasteiger partial charge in [-0.25, -0.2) is 8.42 Å². The van der Waals surface area contributed by atoms with E-state index in [2.05, 4.69) is 0 Å². The van der Waals surface area contributed by atoms with Crippen LogP contribution in [0.15, 0.2) is 0 Å². The quantitative estimate of drug-likeness (QED) is 0.670. The average molecular weight is 264 g/mol. The molecule has 0 unspecified atom stereocenters. The third kappa shape index (κ3) is 4.35. The molecule has 0 radical (unpaired) electrons. The molecule has 16 heavy (non-hydrogen) atoms. The van der Waals surface area contributed by atoms with Crippen molar-refractivity contribution >= 4 is 27.2 Å². The van der Waals surface area contributed by atoms with Gasteiger partial charge in [0.2, 0.25) is 10.0 Å². The zero-order chi connectivity index (χ0) is 12.2. The van der Waals surface area contributed by atoms with Crippen LogP contribution in [-0.4, -0.2) is 36.1 Å². The molecule has 2 N–H and O–H groups in total. The fourth-order valence-electron chi connectivity index (χ4n) is 1.58. The summed E-state index contributed by atoms with van der Waals surface area (Å²) >= 11 is 4.79. The first-order chi connectivity index (χ1) is 7.47. The lowest BCUT2D eigenvalue weighted by atomic mass is 10.4. The predicted molar refractivity (Wildman–Crippen MR) is 69.8 cm³/mol. The standard InChI is InChI=1S/C10H20N2O2S2/c1-2-3-8-16(13,14)12(9-4-5-9)7-6-10(11)15/h9H,2-8H2,1H3,(H2,11,15). The van der Waals surface area contributed by atoms with E-state index in [-0.39, 0.29) is 11.8 Å². The Morgan fingerprint density at radius 3 is 2.56 bits per heavy atom. The Morgan fingerprint density at radius 2 is 2.12 bits per heavy atom. The van der Waals surface area contributed by atoms with Crippen molar-refractivity contribution in [3.8, 4) is 0 Å². The van der Waals surface area contributed by atoms with Crippen LogP contribution in [0.5, 0.6) is 0 Å². The minimum Gasteiger partial charge on any atom is -0.393 e. The topological polar surface area (TPSA) is 63.4 Å². The molecule has 0 aromatic carbocycles. The molecule has 6 heteroatoms. The SMILES string of the molecule is CCCCS(=O)(=O)N(CCC(N)=S)C1CC1. The van der Waals surface area contributed by atoms with Crippen LogP contribution in [0.1, 0.15) is 39.0 Å². The van der Waals surface area contributed by atoms with Gasteiger partial charge in [-0.3, -0.25) is 0 Å². The highest BCUT2D eigenvalue weighted by atomic mass is 32.2. The van der Waals surface area contributed by atoms with Crippen molar-refractivity contribution < 1.29 is 8.42 Å². The van der Waals surface area contributed by atoms with E-state index in [0.717, 1.165) is 25.7 Å². The van der Waals surface area contributed by atoms with Gasteiger partial charge in [-0.1, -0.05) is 25.6 Å². The van der Waals surface area contributed by atoms with Crippen LogP contribution in [0.2, 0.25) is 0 Å². The molecule has 0 atom stereocenters. The molecule has 0 aliphatic heterocycles. The van der Waals surface area contributed by atoms with Crippen LogP contribution in [0.4, 0.5) is 0 Å². The first-order valence-corrected chi connectivity index (χ1v) is 7.77. The van der Waals surface area contributed by atoms with Crippen LogP contribution in [0.3, 0.4) is 0 Å². The summed E-state index contributed by atoms with van der Waals surface area (Å²) in [6.45, 7) is 2.44. The van der Waals surface area contributed by atoms with E-state index in [4.69, 9.17) is 18.0 Å². The molecule has 0 amide bonds. The summed E-state index contributed by atoms with van der Waals surface area (Å²) in [6.07, 6.45) is 4.05. The largest absolute Gasteiger partial charge is 0.393 e. The van der Waals surface area contributed by atoms with Crippen molar-refractivity contribution in [1.29, 1.82) is 0 Å². The molecule has 1 fully saturated rings. The molecular weight excluding hydrogens is 244 g/mol. The van der Waals surface area contributed by atoms with Crippen LogP contribution >= 0.6 is 12.2 Å². The van der Waals surface area contributed by atoms with Crippen molar-refractivity contribution in [2.75, 3.05) is 12.3 Å². The third-order valence-electron chi connectivity index (χ3n) is 2.65. The maximum atomic E-state index is 12.0. The predicted octanol–water partition coefficient (Wildman–Crippen LogP) is 1.26. The Morgan fingerprint density at radius 1 is 1.50 bits per heavy atom. The fraction of sp³-hybridized carbons (Fsp3) is 0.900. The van der Waals surface area contributed by atoms with Gasteiger partial charge in [0, 0.05) is 19.0 Å². The summed E-state index contributed by atoms with van der Waals surface area (Å²) < 4.78 is 25.6. The number of rotatable bonds is 8. The zero-order valence-electron chi connectivity index (χ0n) is 9.68. The molecule has 0 heterocycles. The van der Waals surface area contributed by atoms with Gasteiger partial charge in [0.25, 0.3) is 0 Å². The maximum Gasteiger partial charge on any atom is 0.214 e. The number of thiocarbonyl (C=S) groups is 1. The summed E-state index contributed by atoms with van der Waals surface area (Å²) in [7, 11) is -3.10. The zero-order valence-corrected chi connectivity index (χ0v) is 11.3. The van der Waals surface area contributed by atoms with Crippen molar-refractivity contribution in [3.05, 3.63) is 0 Å². The Kier molecular flexibility index (Phi) is 5.14. The van der Waals surface area contributed by atoms with Crippen molar-refractivity contribution in [3.63, 3.8) is 0 Å². The first-order valence-electron chi connectivity index (χ1n) is 5.75. The molecular formula is C10H20N2O2S2. The highest BCUT2D eigenvalue weighted by molar-refractivity contribution is 7.89. The molecule has 1 aliphatic carbocycles. The fourth-order valence-corrected chi connectivity index (χ4v) is 3.59. The van der Waals surface area contributed by atoms with Gasteiger partial charge >= 0.3 is 0 Å². The van der Waals surface area contributed by atoms with Crippen LogP contribution in [-0.2, 0) is 10.0 Å². The van der Waals surface area contributed by atoms with Gasteiger partial charge in [-0.05, 0) is 19.3 Å². The van der Waals surface area contributed by atoms with Crippen LogP contribution in [0, 0.1) is 0 Å². The van der Waals surface area contributed by atoms with E-state index >= 15 is 0 Å². The lowest BCUT2D eigenvalue weighted by Gasteiger charge is -2.21. The van der Waals surface area contributed by atoms with E-state index in [1.807, 2.05) is 6.92 Å². The van der Waals surface area contributed by atoms with E-state index in [1.165, 1.54) is 0 Å².